The summed E-state index contributed by atoms with van der Waals surface area (Å²) in [6.07, 6.45) is -0.00377. The first-order valence-corrected chi connectivity index (χ1v) is 5.36. The Hall–Kier alpha value is -2.24. The van der Waals surface area contributed by atoms with Crippen LogP contribution in [0.4, 0.5) is 10.1 Å². The van der Waals surface area contributed by atoms with Gasteiger partial charge in [0.1, 0.15) is 5.82 Å². The molecule has 0 bridgehead atoms. The third-order valence-corrected chi connectivity index (χ3v) is 2.51. The number of carbonyl (C=O) groups excluding carboxylic acids is 3. The van der Waals surface area contributed by atoms with Crippen LogP contribution in [0, 0.1) is 5.82 Å². The Morgan fingerprint density at radius 3 is 2.83 bits per heavy atom. The zero-order valence-corrected chi connectivity index (χ0v) is 9.58. The number of benzene rings is 1. The molecule has 18 heavy (non-hydrogen) atoms. The fraction of sp³-hybridized carbons (Fsp3) is 0.250. The van der Waals surface area contributed by atoms with Crippen LogP contribution in [0.3, 0.4) is 0 Å². The number of anilines is 1. The van der Waals surface area contributed by atoms with E-state index in [2.05, 4.69) is 10.1 Å². The van der Waals surface area contributed by atoms with Gasteiger partial charge in [0.2, 0.25) is 5.91 Å². The number of carbonyl (C=O) groups is 3. The standard InChI is InChI=1S/C12H10FNO4/c1-2-18-12(17)11(16)7-3-6-5-9(15)14-10(6)8(13)4-7/h3-4H,2,5H2,1H3,(H,14,15). The second kappa shape index (κ2) is 4.56. The van der Waals surface area contributed by atoms with Crippen LogP contribution in [0.15, 0.2) is 12.1 Å². The zero-order chi connectivity index (χ0) is 13.3. The van der Waals surface area contributed by atoms with Gasteiger partial charge < -0.3 is 10.1 Å². The second-order valence-corrected chi connectivity index (χ2v) is 3.77. The molecule has 0 atom stereocenters. The largest absolute Gasteiger partial charge is 0.460 e. The van der Waals surface area contributed by atoms with Gasteiger partial charge in [-0.3, -0.25) is 9.59 Å². The molecule has 1 heterocycles. The number of amides is 1. The molecule has 5 nitrogen and oxygen atoms in total. The van der Waals surface area contributed by atoms with E-state index in [0.29, 0.717) is 5.56 Å². The summed E-state index contributed by atoms with van der Waals surface area (Å²) < 4.78 is 18.2. The molecule has 0 radical (unpaired) electrons. The maximum atomic E-state index is 13.6. The fourth-order valence-electron chi connectivity index (χ4n) is 1.75. The van der Waals surface area contributed by atoms with Crippen LogP contribution in [0.5, 0.6) is 0 Å². The summed E-state index contributed by atoms with van der Waals surface area (Å²) in [7, 11) is 0. The molecule has 1 aromatic carbocycles. The molecule has 1 amide bonds. The summed E-state index contributed by atoms with van der Waals surface area (Å²) in [4.78, 5) is 34.0. The van der Waals surface area contributed by atoms with Gasteiger partial charge in [-0.1, -0.05) is 0 Å². The third kappa shape index (κ3) is 2.09. The molecule has 0 saturated carbocycles. The van der Waals surface area contributed by atoms with Crippen LogP contribution in [0.2, 0.25) is 0 Å². The fourth-order valence-corrected chi connectivity index (χ4v) is 1.75. The molecule has 0 spiro atoms. The Morgan fingerprint density at radius 1 is 1.44 bits per heavy atom. The number of rotatable bonds is 3. The first-order valence-electron chi connectivity index (χ1n) is 5.36. The smallest absolute Gasteiger partial charge is 0.379 e. The van der Waals surface area contributed by atoms with Gasteiger partial charge in [0.25, 0.3) is 5.78 Å². The number of esters is 1. The van der Waals surface area contributed by atoms with Crippen LogP contribution in [0.25, 0.3) is 0 Å². The zero-order valence-electron chi connectivity index (χ0n) is 9.58. The molecular formula is C12H10FNO4. The van der Waals surface area contributed by atoms with E-state index < -0.39 is 17.6 Å². The summed E-state index contributed by atoms with van der Waals surface area (Å²) in [5, 5.41) is 2.34. The predicted molar refractivity (Wildman–Crippen MR) is 59.7 cm³/mol. The number of fused-ring (bicyclic) bond motifs is 1. The predicted octanol–water partition coefficient (Wildman–Crippen LogP) is 1.07. The van der Waals surface area contributed by atoms with Crippen molar-refractivity contribution in [3.8, 4) is 0 Å². The average Bonchev–Trinajstić information content (AvgIpc) is 2.69. The molecule has 1 aliphatic heterocycles. The van der Waals surface area contributed by atoms with E-state index >= 15 is 0 Å². The Balaban J connectivity index is 2.34. The van der Waals surface area contributed by atoms with Gasteiger partial charge in [0, 0.05) is 5.56 Å². The van der Waals surface area contributed by atoms with Crippen molar-refractivity contribution in [2.75, 3.05) is 11.9 Å². The van der Waals surface area contributed by atoms with E-state index in [9.17, 15) is 18.8 Å². The normalized spacial score (nSPS) is 12.9. The van der Waals surface area contributed by atoms with E-state index in [1.54, 1.807) is 6.92 Å². The molecule has 94 valence electrons. The van der Waals surface area contributed by atoms with Crippen molar-refractivity contribution in [1.29, 1.82) is 0 Å². The lowest BCUT2D eigenvalue weighted by Crippen LogP contribution is -2.17. The second-order valence-electron chi connectivity index (χ2n) is 3.77. The topological polar surface area (TPSA) is 72.5 Å². The van der Waals surface area contributed by atoms with Gasteiger partial charge in [-0.2, -0.15) is 0 Å². The van der Waals surface area contributed by atoms with E-state index in [0.717, 1.165) is 6.07 Å². The van der Waals surface area contributed by atoms with Gasteiger partial charge in [-0.25, -0.2) is 9.18 Å². The Labute approximate surface area is 102 Å². The van der Waals surface area contributed by atoms with Crippen molar-refractivity contribution in [3.63, 3.8) is 0 Å². The van der Waals surface area contributed by atoms with Crippen LogP contribution < -0.4 is 5.32 Å². The SMILES string of the molecule is CCOC(=O)C(=O)c1cc(F)c2c(c1)CC(=O)N2. The molecule has 0 unspecified atom stereocenters. The van der Waals surface area contributed by atoms with Crippen molar-refractivity contribution in [2.45, 2.75) is 13.3 Å². The van der Waals surface area contributed by atoms with Crippen LogP contribution in [-0.2, 0) is 20.7 Å². The molecule has 1 aliphatic rings. The van der Waals surface area contributed by atoms with Gasteiger partial charge in [0.05, 0.1) is 18.7 Å². The molecule has 2 rings (SSSR count). The minimum Gasteiger partial charge on any atom is -0.460 e. The Kier molecular flexibility index (Phi) is 3.10. The summed E-state index contributed by atoms with van der Waals surface area (Å²) in [6.45, 7) is 1.63. The number of hydrogen-bond acceptors (Lipinski definition) is 4. The Morgan fingerprint density at radius 2 is 2.17 bits per heavy atom. The lowest BCUT2D eigenvalue weighted by atomic mass is 10.0. The molecule has 0 saturated heterocycles. The third-order valence-electron chi connectivity index (χ3n) is 2.51. The molecule has 1 N–H and O–H groups in total. The van der Waals surface area contributed by atoms with E-state index in [1.165, 1.54) is 6.07 Å². The van der Waals surface area contributed by atoms with Gasteiger partial charge in [-0.05, 0) is 24.6 Å². The maximum Gasteiger partial charge on any atom is 0.379 e. The number of Topliss-reactive ketones (excluding diaryl/α,β-unsaturated/α-hetero) is 1. The van der Waals surface area contributed by atoms with Gasteiger partial charge >= 0.3 is 5.97 Å². The summed E-state index contributed by atoms with van der Waals surface area (Å²) in [6, 6.07) is 2.25. The van der Waals surface area contributed by atoms with Crippen molar-refractivity contribution in [2.24, 2.45) is 0 Å². The minimum absolute atomic E-state index is 0.00377. The lowest BCUT2D eigenvalue weighted by molar-refractivity contribution is -0.137. The van der Waals surface area contributed by atoms with Crippen LogP contribution >= 0.6 is 0 Å². The van der Waals surface area contributed by atoms with Crippen molar-refractivity contribution >= 4 is 23.3 Å². The molecule has 0 fully saturated rings. The van der Waals surface area contributed by atoms with Gasteiger partial charge in [0.15, 0.2) is 0 Å². The molecule has 0 aromatic heterocycles. The number of nitrogens with one attached hydrogen (secondary N) is 1. The highest BCUT2D eigenvalue weighted by molar-refractivity contribution is 6.40. The highest BCUT2D eigenvalue weighted by Crippen LogP contribution is 2.27. The van der Waals surface area contributed by atoms with E-state index in [-0.39, 0.29) is 30.2 Å². The summed E-state index contributed by atoms with van der Waals surface area (Å²) >= 11 is 0. The number of ether oxygens (including phenoxy) is 1. The van der Waals surface area contributed by atoms with E-state index in [4.69, 9.17) is 0 Å². The number of ketones is 1. The summed E-state index contributed by atoms with van der Waals surface area (Å²) in [5.74, 6) is -3.03. The molecular weight excluding hydrogens is 241 g/mol. The minimum atomic E-state index is -1.03. The molecule has 0 aliphatic carbocycles. The highest BCUT2D eigenvalue weighted by atomic mass is 19.1. The summed E-state index contributed by atoms with van der Waals surface area (Å²) in [5.41, 5.74) is 0.328. The lowest BCUT2D eigenvalue weighted by Gasteiger charge is -2.05. The first-order chi connectivity index (χ1) is 8.52. The van der Waals surface area contributed by atoms with E-state index in [1.807, 2.05) is 0 Å². The van der Waals surface area contributed by atoms with Crippen LogP contribution in [-0.4, -0.2) is 24.3 Å². The van der Waals surface area contributed by atoms with Gasteiger partial charge in [-0.15, -0.1) is 0 Å². The van der Waals surface area contributed by atoms with Crippen molar-refractivity contribution in [1.82, 2.24) is 0 Å². The van der Waals surface area contributed by atoms with Crippen LogP contribution in [0.1, 0.15) is 22.8 Å². The number of halogens is 1. The monoisotopic (exact) mass is 251 g/mol. The number of hydrogen-bond donors (Lipinski definition) is 1. The average molecular weight is 251 g/mol. The maximum absolute atomic E-state index is 13.6. The quantitative estimate of drug-likeness (QED) is 0.495. The van der Waals surface area contributed by atoms with Crippen molar-refractivity contribution in [3.05, 3.63) is 29.1 Å². The highest BCUT2D eigenvalue weighted by Gasteiger charge is 2.26. The Bertz CT molecular complexity index is 553. The molecule has 1 aromatic rings. The first kappa shape index (κ1) is 12.2. The van der Waals surface area contributed by atoms with Crippen molar-refractivity contribution < 1.29 is 23.5 Å². The molecule has 6 heteroatoms.